The molecule has 188 valence electrons. The molecule has 5 aromatic rings. The van der Waals surface area contributed by atoms with Gasteiger partial charge in [-0.2, -0.15) is 5.10 Å². The van der Waals surface area contributed by atoms with Crippen LogP contribution in [-0.4, -0.2) is 48.0 Å². The number of rotatable bonds is 3. The number of benzene rings is 1. The van der Waals surface area contributed by atoms with E-state index in [1.165, 1.54) is 32.6 Å². The molecule has 0 unspecified atom stereocenters. The molecule has 1 saturated carbocycles. The summed E-state index contributed by atoms with van der Waals surface area (Å²) in [6.45, 7) is 0. The second-order valence-corrected chi connectivity index (χ2v) is 8.92. The fourth-order valence-electron chi connectivity index (χ4n) is 4.70. The van der Waals surface area contributed by atoms with Crippen LogP contribution in [0.5, 0.6) is 0 Å². The van der Waals surface area contributed by atoms with Crippen molar-refractivity contribution in [2.45, 2.75) is 38.1 Å². The van der Waals surface area contributed by atoms with Crippen LogP contribution in [0, 0.1) is 0 Å². The lowest BCUT2D eigenvalue weighted by molar-refractivity contribution is 0.197. The second-order valence-electron chi connectivity index (χ2n) is 8.92. The van der Waals surface area contributed by atoms with E-state index in [1.54, 1.807) is 6.20 Å². The van der Waals surface area contributed by atoms with Crippen molar-refractivity contribution in [3.05, 3.63) is 61.1 Å². The molecular formula is C27H28N8O2. The third kappa shape index (κ3) is 5.04. The molecule has 0 aliphatic heterocycles. The number of nitrogen functional groups attached to an aromatic ring is 1. The number of nitrogens with zero attached hydrogens (tertiary/aromatic N) is 6. The maximum Gasteiger partial charge on any atom is 0.404 e. The van der Waals surface area contributed by atoms with Crippen LogP contribution in [0.1, 0.15) is 38.1 Å². The van der Waals surface area contributed by atoms with E-state index in [9.17, 15) is 4.79 Å². The van der Waals surface area contributed by atoms with Crippen LogP contribution < -0.4 is 11.1 Å². The topological polar surface area (TPSA) is 145 Å². The van der Waals surface area contributed by atoms with Gasteiger partial charge in [0.15, 0.2) is 5.65 Å². The van der Waals surface area contributed by atoms with Gasteiger partial charge in [0.2, 0.25) is 0 Å². The van der Waals surface area contributed by atoms with Crippen molar-refractivity contribution in [1.29, 1.82) is 0 Å². The van der Waals surface area contributed by atoms with Gasteiger partial charge in [-0.1, -0.05) is 43.5 Å². The first-order valence-corrected chi connectivity index (χ1v) is 12.3. The molecule has 0 atom stereocenters. The van der Waals surface area contributed by atoms with Crippen LogP contribution in [0.25, 0.3) is 44.6 Å². The molecule has 4 heterocycles. The number of pyridine rings is 2. The smallest absolute Gasteiger partial charge is 0.404 e. The van der Waals surface area contributed by atoms with Crippen molar-refractivity contribution < 1.29 is 9.90 Å². The Morgan fingerprint density at radius 2 is 1.81 bits per heavy atom. The average molecular weight is 497 g/mol. The Morgan fingerprint density at radius 1 is 1.03 bits per heavy atom. The van der Waals surface area contributed by atoms with Gasteiger partial charge in [-0.05, 0) is 37.1 Å². The van der Waals surface area contributed by atoms with E-state index in [2.05, 4.69) is 43.9 Å². The normalized spacial score (nSPS) is 13.8. The number of fused-ring (bicyclic) bond motifs is 2. The zero-order valence-corrected chi connectivity index (χ0v) is 20.5. The predicted molar refractivity (Wildman–Crippen MR) is 143 cm³/mol. The number of carbonyl (C=O) groups is 1. The zero-order valence-electron chi connectivity index (χ0n) is 20.5. The quantitative estimate of drug-likeness (QED) is 0.314. The van der Waals surface area contributed by atoms with Crippen molar-refractivity contribution in [3.8, 4) is 22.6 Å². The summed E-state index contributed by atoms with van der Waals surface area (Å²) in [7, 11) is 1.35. The number of hydrogen-bond acceptors (Lipinski definition) is 7. The van der Waals surface area contributed by atoms with Gasteiger partial charge in [0, 0.05) is 24.2 Å². The summed E-state index contributed by atoms with van der Waals surface area (Å²) < 4.78 is 2.07. The molecule has 1 amide bonds. The van der Waals surface area contributed by atoms with Gasteiger partial charge in [-0.15, -0.1) is 0 Å². The molecule has 0 spiro atoms. The summed E-state index contributed by atoms with van der Waals surface area (Å²) in [5.74, 6) is 0.461. The lowest BCUT2D eigenvalue weighted by atomic mass is 9.96. The van der Waals surface area contributed by atoms with Gasteiger partial charge in [0.25, 0.3) is 0 Å². The van der Waals surface area contributed by atoms with Crippen LogP contribution in [-0.2, 0) is 0 Å². The summed E-state index contributed by atoms with van der Waals surface area (Å²) in [6, 6.07) is 16.5. The third-order valence-electron chi connectivity index (χ3n) is 6.55. The van der Waals surface area contributed by atoms with Gasteiger partial charge in [0.05, 0.1) is 28.3 Å². The molecule has 1 fully saturated rings. The average Bonchev–Trinajstić information content (AvgIpc) is 3.35. The minimum atomic E-state index is -0.995. The van der Waals surface area contributed by atoms with Gasteiger partial charge in [0.1, 0.15) is 17.8 Å². The lowest BCUT2D eigenvalue weighted by Crippen LogP contribution is -2.14. The van der Waals surface area contributed by atoms with Gasteiger partial charge in [-0.3, -0.25) is 4.98 Å². The second kappa shape index (κ2) is 10.6. The molecular weight excluding hydrogens is 468 g/mol. The third-order valence-corrected chi connectivity index (χ3v) is 6.55. The minimum Gasteiger partial charge on any atom is -0.465 e. The first-order valence-electron chi connectivity index (χ1n) is 12.3. The fraction of sp³-hybridized carbons (Fsp3) is 0.259. The van der Waals surface area contributed by atoms with E-state index in [0.29, 0.717) is 11.9 Å². The zero-order chi connectivity index (χ0) is 25.8. The summed E-state index contributed by atoms with van der Waals surface area (Å²) in [5.41, 5.74) is 11.5. The van der Waals surface area contributed by atoms with Gasteiger partial charge < -0.3 is 16.2 Å². The number of amides is 1. The highest BCUT2D eigenvalue weighted by atomic mass is 16.4. The highest BCUT2D eigenvalue weighted by molar-refractivity contribution is 6.00. The summed E-state index contributed by atoms with van der Waals surface area (Å²) in [4.78, 5) is 27.4. The Kier molecular flexibility index (Phi) is 6.89. The minimum absolute atomic E-state index is 0.351. The highest BCUT2D eigenvalue weighted by Gasteiger charge is 2.23. The van der Waals surface area contributed by atoms with Crippen LogP contribution >= 0.6 is 0 Å². The standard InChI is InChI=1S/C25H23N7.C2H5NO2/c26-24-22-23(31-32(25(22)29-15-28-24)18-6-2-1-3-7-18)17-10-9-16-11-12-20(30-21(16)14-17)19-8-4-5-13-27-19;1-3-2(4)5/h4-5,8-15,18H,1-3,6-7H2,(H2,26,28,29);3H,1H3,(H,4,5). The molecule has 10 heteroatoms. The fourth-order valence-corrected chi connectivity index (χ4v) is 4.70. The van der Waals surface area contributed by atoms with E-state index in [1.807, 2.05) is 29.6 Å². The maximum atomic E-state index is 9.26. The molecule has 4 aromatic heterocycles. The number of hydrogen-bond donors (Lipinski definition) is 3. The van der Waals surface area contributed by atoms with Crippen LogP contribution in [0.3, 0.4) is 0 Å². The molecule has 10 nitrogen and oxygen atoms in total. The number of carboxylic acid groups (broad SMARTS) is 1. The molecule has 0 radical (unpaired) electrons. The number of nitrogens with one attached hydrogen (secondary N) is 1. The molecule has 4 N–H and O–H groups in total. The first kappa shape index (κ1) is 24.1. The van der Waals surface area contributed by atoms with Crippen LogP contribution in [0.4, 0.5) is 10.6 Å². The van der Waals surface area contributed by atoms with Crippen molar-refractivity contribution in [2.75, 3.05) is 12.8 Å². The summed E-state index contributed by atoms with van der Waals surface area (Å²) >= 11 is 0. The Hall–Kier alpha value is -4.60. The van der Waals surface area contributed by atoms with Crippen molar-refractivity contribution in [1.82, 2.24) is 35.0 Å². The van der Waals surface area contributed by atoms with E-state index >= 15 is 0 Å². The van der Waals surface area contributed by atoms with Crippen molar-refractivity contribution in [2.24, 2.45) is 0 Å². The molecule has 37 heavy (non-hydrogen) atoms. The largest absolute Gasteiger partial charge is 0.465 e. The monoisotopic (exact) mass is 496 g/mol. The number of anilines is 1. The van der Waals surface area contributed by atoms with Crippen molar-refractivity contribution in [3.63, 3.8) is 0 Å². The molecule has 1 aliphatic carbocycles. The molecule has 1 aliphatic rings. The molecule has 6 rings (SSSR count). The van der Waals surface area contributed by atoms with Gasteiger partial charge >= 0.3 is 6.09 Å². The van der Waals surface area contributed by atoms with Gasteiger partial charge in [-0.25, -0.2) is 24.4 Å². The maximum absolute atomic E-state index is 9.26. The Labute approximate surface area is 213 Å². The van der Waals surface area contributed by atoms with E-state index in [4.69, 9.17) is 20.9 Å². The van der Waals surface area contributed by atoms with E-state index < -0.39 is 6.09 Å². The van der Waals surface area contributed by atoms with Crippen molar-refractivity contribution >= 4 is 33.8 Å². The highest BCUT2D eigenvalue weighted by Crippen LogP contribution is 2.36. The summed E-state index contributed by atoms with van der Waals surface area (Å²) in [5, 5.41) is 16.5. The van der Waals surface area contributed by atoms with E-state index in [0.717, 1.165) is 57.4 Å². The lowest BCUT2D eigenvalue weighted by Gasteiger charge is -2.22. The summed E-state index contributed by atoms with van der Waals surface area (Å²) in [6.07, 6.45) is 8.28. The SMILES string of the molecule is CNC(=O)O.Nc1ncnc2c1c(-c1ccc3ccc(-c4ccccn4)nc3c1)nn2C1CCCCC1. The number of nitrogens with two attached hydrogens (primary N) is 1. The Morgan fingerprint density at radius 3 is 2.54 bits per heavy atom. The van der Waals surface area contributed by atoms with Crippen LogP contribution in [0.2, 0.25) is 0 Å². The molecule has 1 aromatic carbocycles. The Bertz CT molecular complexity index is 1540. The van der Waals surface area contributed by atoms with Crippen LogP contribution in [0.15, 0.2) is 61.1 Å². The number of aromatic nitrogens is 6. The predicted octanol–water partition coefficient (Wildman–Crippen LogP) is 5.07. The first-order chi connectivity index (χ1) is 18.0. The Balaban J connectivity index is 0.000000514. The van der Waals surface area contributed by atoms with E-state index in [-0.39, 0.29) is 0 Å². The molecule has 0 bridgehead atoms. The molecule has 0 saturated heterocycles.